The molecule has 0 aliphatic heterocycles. The number of H-pyrrole nitrogens is 1. The third-order valence-corrected chi connectivity index (χ3v) is 6.37. The molecule has 1 atom stereocenters. The molecule has 0 spiro atoms. The molecule has 0 radical (unpaired) electrons. The fraction of sp³-hybridized carbons (Fsp3) is 0.280. The van der Waals surface area contributed by atoms with Crippen LogP contribution in [0.1, 0.15) is 17.5 Å². The lowest BCUT2D eigenvalue weighted by Crippen LogP contribution is -2.32. The fourth-order valence-corrected chi connectivity index (χ4v) is 4.71. The molecule has 1 unspecified atom stereocenters. The van der Waals surface area contributed by atoms with Gasteiger partial charge in [-0.1, -0.05) is 42.5 Å². The number of ether oxygens (including phenoxy) is 2. The lowest BCUT2D eigenvalue weighted by atomic mass is 10.1. The van der Waals surface area contributed by atoms with E-state index >= 15 is 0 Å². The van der Waals surface area contributed by atoms with Gasteiger partial charge in [0.15, 0.2) is 0 Å². The number of thiophene rings is 1. The quantitative estimate of drug-likeness (QED) is 0.370. The summed E-state index contributed by atoms with van der Waals surface area (Å²) in [5.74, 6) is 1.33. The first kappa shape index (κ1) is 23.1. The Morgan fingerprint density at radius 3 is 2.58 bits per heavy atom. The summed E-state index contributed by atoms with van der Waals surface area (Å²) in [5, 5.41) is 13.2. The Morgan fingerprint density at radius 2 is 1.88 bits per heavy atom. The molecule has 0 saturated heterocycles. The van der Waals surface area contributed by atoms with E-state index in [0.29, 0.717) is 42.3 Å². The van der Waals surface area contributed by atoms with Gasteiger partial charge in [-0.15, -0.1) is 11.3 Å². The Hall–Kier alpha value is -3.04. The third-order valence-electron chi connectivity index (χ3n) is 5.49. The lowest BCUT2D eigenvalue weighted by molar-refractivity contribution is 0.0835. The second kappa shape index (κ2) is 10.7. The van der Waals surface area contributed by atoms with Crippen molar-refractivity contribution in [1.29, 1.82) is 0 Å². The van der Waals surface area contributed by atoms with Crippen molar-refractivity contribution in [2.24, 2.45) is 0 Å². The van der Waals surface area contributed by atoms with Crippen molar-refractivity contribution in [2.45, 2.75) is 12.6 Å². The zero-order chi connectivity index (χ0) is 23.2. The SMILES string of the molecule is COCCN(Cc1nc2scc(-c3ccc(OC)cc3)c2c(=O)[nH]1)CC(O)c1ccccc1. The molecule has 0 aliphatic carbocycles. The molecule has 7 nitrogen and oxygen atoms in total. The molecule has 2 heterocycles. The minimum absolute atomic E-state index is 0.169. The zero-order valence-corrected chi connectivity index (χ0v) is 19.5. The van der Waals surface area contributed by atoms with Crippen molar-refractivity contribution < 1.29 is 14.6 Å². The first-order valence-corrected chi connectivity index (χ1v) is 11.6. The second-order valence-corrected chi connectivity index (χ2v) is 8.58. The number of aliphatic hydroxyl groups is 1. The first-order valence-electron chi connectivity index (χ1n) is 10.7. The minimum Gasteiger partial charge on any atom is -0.497 e. The van der Waals surface area contributed by atoms with Crippen LogP contribution in [0.25, 0.3) is 21.3 Å². The van der Waals surface area contributed by atoms with Crippen LogP contribution in [0.15, 0.2) is 64.8 Å². The molecule has 33 heavy (non-hydrogen) atoms. The molecule has 0 fully saturated rings. The normalized spacial score (nSPS) is 12.4. The van der Waals surface area contributed by atoms with Crippen LogP contribution < -0.4 is 10.3 Å². The maximum atomic E-state index is 13.0. The van der Waals surface area contributed by atoms with E-state index in [1.807, 2.05) is 64.9 Å². The van der Waals surface area contributed by atoms with E-state index in [-0.39, 0.29) is 5.56 Å². The standard InChI is InChI=1S/C25H27N3O4S/c1-31-13-12-28(14-21(29)18-6-4-3-5-7-18)15-22-26-24(30)23-20(16-33-25(23)27-22)17-8-10-19(32-2)11-9-17/h3-11,16,21,29H,12-15H2,1-2H3,(H,26,27,30). The highest BCUT2D eigenvalue weighted by Gasteiger charge is 2.17. The molecular formula is C25H27N3O4S. The first-order chi connectivity index (χ1) is 16.1. The Balaban J connectivity index is 1.58. The molecular weight excluding hydrogens is 438 g/mol. The maximum absolute atomic E-state index is 13.0. The lowest BCUT2D eigenvalue weighted by Gasteiger charge is -2.24. The van der Waals surface area contributed by atoms with E-state index in [1.54, 1.807) is 14.2 Å². The Kier molecular flexibility index (Phi) is 7.51. The average Bonchev–Trinajstić information content (AvgIpc) is 3.27. The van der Waals surface area contributed by atoms with Gasteiger partial charge in [0.05, 0.1) is 31.8 Å². The van der Waals surface area contributed by atoms with E-state index in [2.05, 4.69) is 4.98 Å². The van der Waals surface area contributed by atoms with Crippen LogP contribution in [-0.4, -0.2) is 53.9 Å². The summed E-state index contributed by atoms with van der Waals surface area (Å²) < 4.78 is 10.5. The van der Waals surface area contributed by atoms with E-state index in [4.69, 9.17) is 14.5 Å². The largest absolute Gasteiger partial charge is 0.497 e. The van der Waals surface area contributed by atoms with Crippen molar-refractivity contribution in [1.82, 2.24) is 14.9 Å². The van der Waals surface area contributed by atoms with Gasteiger partial charge in [0.2, 0.25) is 0 Å². The van der Waals surface area contributed by atoms with Gasteiger partial charge in [0.25, 0.3) is 5.56 Å². The fourth-order valence-electron chi connectivity index (χ4n) is 3.74. The number of aromatic nitrogens is 2. The number of hydrogen-bond donors (Lipinski definition) is 2. The summed E-state index contributed by atoms with van der Waals surface area (Å²) in [5.41, 5.74) is 2.47. The van der Waals surface area contributed by atoms with Gasteiger partial charge in [0.1, 0.15) is 16.4 Å². The van der Waals surface area contributed by atoms with Crippen LogP contribution in [0.2, 0.25) is 0 Å². The third kappa shape index (κ3) is 5.48. The summed E-state index contributed by atoms with van der Waals surface area (Å²) in [6.45, 7) is 1.91. The summed E-state index contributed by atoms with van der Waals surface area (Å²) >= 11 is 1.45. The highest BCUT2D eigenvalue weighted by Crippen LogP contribution is 2.31. The second-order valence-electron chi connectivity index (χ2n) is 7.73. The Labute approximate surface area is 196 Å². The molecule has 0 aliphatic rings. The Bertz CT molecular complexity index is 1240. The van der Waals surface area contributed by atoms with Crippen LogP contribution in [0.4, 0.5) is 0 Å². The van der Waals surface area contributed by atoms with Crippen LogP contribution in [0, 0.1) is 0 Å². The summed E-state index contributed by atoms with van der Waals surface area (Å²) in [6, 6.07) is 17.2. The number of fused-ring (bicyclic) bond motifs is 1. The summed E-state index contributed by atoms with van der Waals surface area (Å²) in [7, 11) is 3.27. The monoisotopic (exact) mass is 465 g/mol. The van der Waals surface area contributed by atoms with Crippen LogP contribution in [0.5, 0.6) is 5.75 Å². The molecule has 172 valence electrons. The molecule has 4 rings (SSSR count). The summed E-state index contributed by atoms with van der Waals surface area (Å²) in [6.07, 6.45) is -0.651. The topological polar surface area (TPSA) is 87.7 Å². The molecule has 0 saturated carbocycles. The highest BCUT2D eigenvalue weighted by molar-refractivity contribution is 7.17. The zero-order valence-electron chi connectivity index (χ0n) is 18.7. The van der Waals surface area contributed by atoms with Crippen molar-refractivity contribution >= 4 is 21.6 Å². The van der Waals surface area contributed by atoms with Crippen LogP contribution >= 0.6 is 11.3 Å². The number of nitrogens with zero attached hydrogens (tertiary/aromatic N) is 2. The van der Waals surface area contributed by atoms with Crippen molar-refractivity contribution in [3.8, 4) is 16.9 Å². The predicted octanol–water partition coefficient (Wildman–Crippen LogP) is 3.84. The number of hydrogen-bond acceptors (Lipinski definition) is 7. The van der Waals surface area contributed by atoms with Gasteiger partial charge in [-0.05, 0) is 23.3 Å². The van der Waals surface area contributed by atoms with Crippen molar-refractivity contribution in [2.75, 3.05) is 33.9 Å². The number of aromatic amines is 1. The van der Waals surface area contributed by atoms with E-state index in [1.165, 1.54) is 11.3 Å². The van der Waals surface area contributed by atoms with Gasteiger partial charge in [0, 0.05) is 31.1 Å². The molecule has 2 aromatic carbocycles. The van der Waals surface area contributed by atoms with Gasteiger partial charge in [-0.2, -0.15) is 0 Å². The molecule has 4 aromatic rings. The highest BCUT2D eigenvalue weighted by atomic mass is 32.1. The van der Waals surface area contributed by atoms with Crippen LogP contribution in [0.3, 0.4) is 0 Å². The number of aliphatic hydroxyl groups excluding tert-OH is 1. The average molecular weight is 466 g/mol. The van der Waals surface area contributed by atoms with Crippen molar-refractivity contribution in [3.05, 3.63) is 81.7 Å². The predicted molar refractivity (Wildman–Crippen MR) is 131 cm³/mol. The molecule has 8 heteroatoms. The number of rotatable bonds is 10. The number of methoxy groups -OCH3 is 2. The molecule has 2 aromatic heterocycles. The maximum Gasteiger partial charge on any atom is 0.260 e. The van der Waals surface area contributed by atoms with E-state index < -0.39 is 6.10 Å². The van der Waals surface area contributed by atoms with Gasteiger partial charge in [-0.25, -0.2) is 4.98 Å². The number of nitrogens with one attached hydrogen (secondary N) is 1. The minimum atomic E-state index is -0.651. The molecule has 2 N–H and O–H groups in total. The van der Waals surface area contributed by atoms with Crippen molar-refractivity contribution in [3.63, 3.8) is 0 Å². The molecule has 0 amide bonds. The van der Waals surface area contributed by atoms with Gasteiger partial charge in [-0.3, -0.25) is 9.69 Å². The van der Waals surface area contributed by atoms with E-state index in [9.17, 15) is 9.90 Å². The van der Waals surface area contributed by atoms with Crippen LogP contribution in [-0.2, 0) is 11.3 Å². The van der Waals surface area contributed by atoms with E-state index in [0.717, 1.165) is 22.4 Å². The Morgan fingerprint density at radius 1 is 1.12 bits per heavy atom. The molecule has 0 bridgehead atoms. The summed E-state index contributed by atoms with van der Waals surface area (Å²) in [4.78, 5) is 23.4. The van der Waals surface area contributed by atoms with Gasteiger partial charge < -0.3 is 19.6 Å². The van der Waals surface area contributed by atoms with Gasteiger partial charge >= 0.3 is 0 Å². The smallest absolute Gasteiger partial charge is 0.260 e. The number of benzene rings is 2.